The monoisotopic (exact) mass is 344 g/mol. The Morgan fingerprint density at radius 1 is 0.692 bits per heavy atom. The van der Waals surface area contributed by atoms with Crippen LogP contribution in [0.25, 0.3) is 11.1 Å². The number of hydrogen-bond donors (Lipinski definition) is 0. The van der Waals surface area contributed by atoms with Gasteiger partial charge in [0, 0.05) is 0 Å². The molecule has 0 heterocycles. The van der Waals surface area contributed by atoms with Gasteiger partial charge in [0.25, 0.3) is 0 Å². The third kappa shape index (κ3) is 7.53. The van der Waals surface area contributed by atoms with Crippen LogP contribution in [-0.4, -0.2) is 0 Å². The van der Waals surface area contributed by atoms with Gasteiger partial charge in [-0.05, 0) is 48.9 Å². The molecule has 0 aromatic heterocycles. The molecule has 0 nitrogen and oxygen atoms in total. The molecule has 0 N–H and O–H groups in total. The maximum Gasteiger partial charge on any atom is -0.0184 e. The number of rotatable bonds is 4. The Hall–Kier alpha value is -2.60. The molecule has 0 radical (unpaired) electrons. The predicted molar refractivity (Wildman–Crippen MR) is 118 cm³/mol. The first-order chi connectivity index (χ1) is 12.7. The number of aryl methyl sites for hydroxylation is 3. The van der Waals surface area contributed by atoms with E-state index in [1.165, 1.54) is 27.8 Å². The quantitative estimate of drug-likeness (QED) is 0.426. The van der Waals surface area contributed by atoms with Crippen LogP contribution in [0.4, 0.5) is 0 Å². The van der Waals surface area contributed by atoms with E-state index in [-0.39, 0.29) is 0 Å². The SMILES string of the molecule is C=CC.CC.Cc1cccc(CCc2ccc(-c3ccccc3)cc2)c1. The van der Waals surface area contributed by atoms with E-state index in [9.17, 15) is 0 Å². The second kappa shape index (κ2) is 12.7. The van der Waals surface area contributed by atoms with Gasteiger partial charge in [0.2, 0.25) is 0 Å². The summed E-state index contributed by atoms with van der Waals surface area (Å²) in [5, 5.41) is 0. The van der Waals surface area contributed by atoms with Gasteiger partial charge in [0.15, 0.2) is 0 Å². The van der Waals surface area contributed by atoms with Gasteiger partial charge in [-0.25, -0.2) is 0 Å². The summed E-state index contributed by atoms with van der Waals surface area (Å²) in [6, 6.07) is 28.3. The van der Waals surface area contributed by atoms with E-state index in [0.717, 1.165) is 12.8 Å². The fourth-order valence-electron chi connectivity index (χ4n) is 2.65. The summed E-state index contributed by atoms with van der Waals surface area (Å²) in [6.07, 6.45) is 3.95. The van der Waals surface area contributed by atoms with Crippen LogP contribution < -0.4 is 0 Å². The van der Waals surface area contributed by atoms with Crippen LogP contribution in [0.1, 0.15) is 37.5 Å². The Kier molecular flexibility index (Phi) is 10.5. The van der Waals surface area contributed by atoms with Crippen molar-refractivity contribution < 1.29 is 0 Å². The van der Waals surface area contributed by atoms with Crippen molar-refractivity contribution >= 4 is 0 Å². The minimum atomic E-state index is 1.10. The minimum absolute atomic E-state index is 1.10. The Labute approximate surface area is 160 Å². The van der Waals surface area contributed by atoms with Crippen molar-refractivity contribution in [1.82, 2.24) is 0 Å². The molecule has 0 spiro atoms. The van der Waals surface area contributed by atoms with Crippen molar-refractivity contribution in [3.05, 3.63) is 108 Å². The topological polar surface area (TPSA) is 0 Å². The number of benzene rings is 3. The van der Waals surface area contributed by atoms with Crippen LogP contribution in [-0.2, 0) is 12.8 Å². The van der Waals surface area contributed by atoms with Crippen LogP contribution >= 0.6 is 0 Å². The summed E-state index contributed by atoms with van der Waals surface area (Å²) in [5.41, 5.74) is 6.72. The highest BCUT2D eigenvalue weighted by atomic mass is 14.0. The van der Waals surface area contributed by atoms with Crippen LogP contribution in [0.5, 0.6) is 0 Å². The van der Waals surface area contributed by atoms with Gasteiger partial charge in [-0.2, -0.15) is 0 Å². The van der Waals surface area contributed by atoms with Gasteiger partial charge in [-0.15, -0.1) is 6.58 Å². The summed E-state index contributed by atoms with van der Waals surface area (Å²) in [6.45, 7) is 11.4. The van der Waals surface area contributed by atoms with E-state index >= 15 is 0 Å². The first-order valence-corrected chi connectivity index (χ1v) is 9.50. The smallest absolute Gasteiger partial charge is 0.0184 e. The molecule has 3 rings (SSSR count). The molecular weight excluding hydrogens is 312 g/mol. The van der Waals surface area contributed by atoms with Crippen molar-refractivity contribution in [2.45, 2.75) is 40.5 Å². The van der Waals surface area contributed by atoms with E-state index in [4.69, 9.17) is 0 Å². The molecule has 0 aliphatic heterocycles. The lowest BCUT2D eigenvalue weighted by Crippen LogP contribution is -1.91. The average Bonchev–Trinajstić information content (AvgIpc) is 2.70. The Bertz CT molecular complexity index is 737. The van der Waals surface area contributed by atoms with Gasteiger partial charge < -0.3 is 0 Å². The second-order valence-electron chi connectivity index (χ2n) is 5.96. The molecule has 136 valence electrons. The van der Waals surface area contributed by atoms with Crippen LogP contribution in [0.3, 0.4) is 0 Å². The third-order valence-corrected chi connectivity index (χ3v) is 3.85. The Morgan fingerprint density at radius 3 is 1.81 bits per heavy atom. The van der Waals surface area contributed by atoms with Gasteiger partial charge in [0.1, 0.15) is 0 Å². The third-order valence-electron chi connectivity index (χ3n) is 3.85. The summed E-state index contributed by atoms with van der Waals surface area (Å²) in [7, 11) is 0. The maximum atomic E-state index is 3.36. The number of allylic oxidation sites excluding steroid dienone is 1. The molecule has 0 atom stereocenters. The molecule has 0 aliphatic rings. The first-order valence-electron chi connectivity index (χ1n) is 9.50. The van der Waals surface area contributed by atoms with E-state index in [0.29, 0.717) is 0 Å². The molecule has 0 heteroatoms. The zero-order valence-corrected chi connectivity index (χ0v) is 16.7. The first kappa shape index (κ1) is 21.4. The summed E-state index contributed by atoms with van der Waals surface area (Å²) < 4.78 is 0. The van der Waals surface area contributed by atoms with E-state index in [1.807, 2.05) is 20.8 Å². The lowest BCUT2D eigenvalue weighted by Gasteiger charge is -2.06. The molecule has 3 aromatic carbocycles. The van der Waals surface area contributed by atoms with E-state index in [1.54, 1.807) is 6.08 Å². The van der Waals surface area contributed by atoms with Crippen molar-refractivity contribution in [2.24, 2.45) is 0 Å². The van der Waals surface area contributed by atoms with Gasteiger partial charge >= 0.3 is 0 Å². The molecule has 0 bridgehead atoms. The summed E-state index contributed by atoms with van der Waals surface area (Å²) in [4.78, 5) is 0. The van der Waals surface area contributed by atoms with Gasteiger partial charge in [0.05, 0.1) is 0 Å². The van der Waals surface area contributed by atoms with Gasteiger partial charge in [-0.1, -0.05) is 104 Å². The highest BCUT2D eigenvalue weighted by Crippen LogP contribution is 2.20. The lowest BCUT2D eigenvalue weighted by molar-refractivity contribution is 0.958. The molecule has 3 aromatic rings. The van der Waals surface area contributed by atoms with Crippen LogP contribution in [0.2, 0.25) is 0 Å². The molecule has 0 amide bonds. The predicted octanol–water partition coefficient (Wildman–Crippen LogP) is 7.67. The highest BCUT2D eigenvalue weighted by Gasteiger charge is 1.99. The van der Waals surface area contributed by atoms with Crippen molar-refractivity contribution in [2.75, 3.05) is 0 Å². The van der Waals surface area contributed by atoms with Crippen molar-refractivity contribution in [1.29, 1.82) is 0 Å². The molecule has 0 unspecified atom stereocenters. The average molecular weight is 345 g/mol. The molecule has 0 saturated carbocycles. The van der Waals surface area contributed by atoms with Crippen LogP contribution in [0, 0.1) is 6.92 Å². The fourth-order valence-corrected chi connectivity index (χ4v) is 2.65. The fraction of sp³-hybridized carbons (Fsp3) is 0.231. The zero-order chi connectivity index (χ0) is 19.2. The molecular formula is C26H32. The number of hydrogen-bond acceptors (Lipinski definition) is 0. The zero-order valence-electron chi connectivity index (χ0n) is 16.7. The summed E-state index contributed by atoms with van der Waals surface area (Å²) in [5.74, 6) is 0. The van der Waals surface area contributed by atoms with Crippen molar-refractivity contribution in [3.8, 4) is 11.1 Å². The largest absolute Gasteiger partial charge is 0.103 e. The lowest BCUT2D eigenvalue weighted by atomic mass is 10.00. The molecule has 0 saturated heterocycles. The summed E-state index contributed by atoms with van der Waals surface area (Å²) >= 11 is 0. The Balaban J connectivity index is 0.000000615. The minimum Gasteiger partial charge on any atom is -0.103 e. The standard InChI is InChI=1S/C21H20.C3H6.C2H6/c1-17-6-5-7-19(16-17)11-10-18-12-14-21(15-13-18)20-8-3-2-4-9-20;1-3-2;1-2/h2-9,12-16H,10-11H2,1H3;3H,1H2,2H3;1-2H3. The molecule has 0 fully saturated rings. The normalized spacial score (nSPS) is 9.23. The maximum absolute atomic E-state index is 3.36. The van der Waals surface area contributed by atoms with Gasteiger partial charge in [-0.3, -0.25) is 0 Å². The molecule has 0 aliphatic carbocycles. The van der Waals surface area contributed by atoms with Crippen molar-refractivity contribution in [3.63, 3.8) is 0 Å². The molecule has 26 heavy (non-hydrogen) atoms. The van der Waals surface area contributed by atoms with Crippen LogP contribution in [0.15, 0.2) is 91.5 Å². The highest BCUT2D eigenvalue weighted by molar-refractivity contribution is 5.63. The Morgan fingerprint density at radius 2 is 1.23 bits per heavy atom. The van der Waals surface area contributed by atoms with E-state index in [2.05, 4.69) is 92.4 Å². The van der Waals surface area contributed by atoms with E-state index < -0.39 is 0 Å². The second-order valence-corrected chi connectivity index (χ2v) is 5.96.